The minimum absolute atomic E-state index is 0.0165. The quantitative estimate of drug-likeness (QED) is 0.908. The molecule has 2 saturated heterocycles. The van der Waals surface area contributed by atoms with Gasteiger partial charge in [0.2, 0.25) is 0 Å². The molecule has 6 heteroatoms. The van der Waals surface area contributed by atoms with Crippen molar-refractivity contribution in [1.82, 2.24) is 14.7 Å². The van der Waals surface area contributed by atoms with Crippen LogP contribution in [0.25, 0.3) is 0 Å². The van der Waals surface area contributed by atoms with Gasteiger partial charge in [-0.2, -0.15) is 5.10 Å². The summed E-state index contributed by atoms with van der Waals surface area (Å²) in [7, 11) is 1.82. The third-order valence-electron chi connectivity index (χ3n) is 6.05. The summed E-state index contributed by atoms with van der Waals surface area (Å²) < 4.78 is 7.12. The Morgan fingerprint density at radius 1 is 1.40 bits per heavy atom. The number of rotatable bonds is 3. The number of nitrogens with zero attached hydrogens (tertiary/aromatic N) is 3. The van der Waals surface area contributed by atoms with Crippen molar-refractivity contribution < 1.29 is 14.6 Å². The van der Waals surface area contributed by atoms with Gasteiger partial charge in [0.05, 0.1) is 11.3 Å². The first-order chi connectivity index (χ1) is 11.8. The van der Waals surface area contributed by atoms with E-state index in [9.17, 15) is 9.90 Å². The highest BCUT2D eigenvalue weighted by atomic mass is 16.5. The maximum Gasteiger partial charge on any atom is 0.272 e. The molecule has 2 aliphatic heterocycles. The van der Waals surface area contributed by atoms with Crippen LogP contribution in [0.1, 0.15) is 62.1 Å². The van der Waals surface area contributed by atoms with E-state index in [-0.39, 0.29) is 17.7 Å². The summed E-state index contributed by atoms with van der Waals surface area (Å²) in [5, 5.41) is 15.7. The monoisotopic (exact) mass is 349 g/mol. The molecular formula is C19H31N3O3. The third-order valence-corrected chi connectivity index (χ3v) is 6.05. The van der Waals surface area contributed by atoms with E-state index in [0.717, 1.165) is 31.7 Å². The van der Waals surface area contributed by atoms with Gasteiger partial charge in [0, 0.05) is 39.3 Å². The predicted molar refractivity (Wildman–Crippen MR) is 95.5 cm³/mol. The van der Waals surface area contributed by atoms with Crippen LogP contribution < -0.4 is 0 Å². The molecule has 2 aliphatic rings. The first-order valence-corrected chi connectivity index (χ1v) is 9.46. The van der Waals surface area contributed by atoms with E-state index in [0.29, 0.717) is 31.1 Å². The Morgan fingerprint density at radius 3 is 2.64 bits per heavy atom. The molecule has 0 bridgehead atoms. The lowest BCUT2D eigenvalue weighted by Crippen LogP contribution is -2.57. The minimum Gasteiger partial charge on any atom is -0.389 e. The van der Waals surface area contributed by atoms with Gasteiger partial charge in [0.25, 0.3) is 5.91 Å². The van der Waals surface area contributed by atoms with Gasteiger partial charge in [-0.15, -0.1) is 0 Å². The number of likely N-dealkylation sites (tertiary alicyclic amines) is 1. The van der Waals surface area contributed by atoms with Gasteiger partial charge in [-0.05, 0) is 37.2 Å². The molecule has 1 amide bonds. The van der Waals surface area contributed by atoms with Crippen LogP contribution in [0.2, 0.25) is 0 Å². The van der Waals surface area contributed by atoms with E-state index in [1.807, 2.05) is 18.0 Å². The summed E-state index contributed by atoms with van der Waals surface area (Å²) in [4.78, 5) is 14.8. The van der Waals surface area contributed by atoms with Crippen molar-refractivity contribution in [2.24, 2.45) is 18.9 Å². The average molecular weight is 349 g/mol. The molecule has 3 heterocycles. The normalized spacial score (nSPS) is 28.6. The topological polar surface area (TPSA) is 67.6 Å². The number of hydrogen-bond donors (Lipinski definition) is 1. The Hall–Kier alpha value is -1.40. The van der Waals surface area contributed by atoms with Crippen LogP contribution in [0.4, 0.5) is 0 Å². The van der Waals surface area contributed by atoms with Crippen molar-refractivity contribution in [3.8, 4) is 0 Å². The number of ether oxygens (including phenoxy) is 1. The molecule has 2 fully saturated rings. The molecule has 0 radical (unpaired) electrons. The van der Waals surface area contributed by atoms with E-state index in [1.165, 1.54) is 0 Å². The van der Waals surface area contributed by atoms with Crippen LogP contribution in [0.3, 0.4) is 0 Å². The van der Waals surface area contributed by atoms with Crippen molar-refractivity contribution >= 4 is 5.91 Å². The molecule has 0 saturated carbocycles. The first-order valence-electron chi connectivity index (χ1n) is 9.46. The molecule has 1 aromatic rings. The Kier molecular flexibility index (Phi) is 5.21. The van der Waals surface area contributed by atoms with Crippen molar-refractivity contribution in [3.05, 3.63) is 17.5 Å². The fraction of sp³-hybridized carbons (Fsp3) is 0.789. The van der Waals surface area contributed by atoms with Crippen molar-refractivity contribution in [1.29, 1.82) is 0 Å². The highest BCUT2D eigenvalue weighted by molar-refractivity contribution is 5.92. The maximum absolute atomic E-state index is 13.0. The summed E-state index contributed by atoms with van der Waals surface area (Å²) in [5.74, 6) is 0.651. The Morgan fingerprint density at radius 2 is 2.08 bits per heavy atom. The highest BCUT2D eigenvalue weighted by Crippen LogP contribution is 2.39. The van der Waals surface area contributed by atoms with Crippen LogP contribution in [-0.2, 0) is 11.8 Å². The fourth-order valence-electron chi connectivity index (χ4n) is 4.26. The highest BCUT2D eigenvalue weighted by Gasteiger charge is 2.46. The summed E-state index contributed by atoms with van der Waals surface area (Å²) in [6, 6.07) is 1.90. The molecule has 0 aromatic carbocycles. The van der Waals surface area contributed by atoms with E-state index in [1.54, 1.807) is 4.68 Å². The lowest BCUT2D eigenvalue weighted by molar-refractivity contribution is -0.125. The summed E-state index contributed by atoms with van der Waals surface area (Å²) in [6.07, 6.45) is 2.46. The first kappa shape index (κ1) is 18.4. The number of hydrogen-bond acceptors (Lipinski definition) is 4. The minimum atomic E-state index is -0.684. The van der Waals surface area contributed by atoms with Crippen LogP contribution in [0.5, 0.6) is 0 Å². The predicted octanol–water partition coefficient (Wildman–Crippen LogP) is 2.18. The molecule has 0 spiro atoms. The van der Waals surface area contributed by atoms with Gasteiger partial charge in [-0.3, -0.25) is 9.48 Å². The Bertz CT molecular complexity index is 621. The van der Waals surface area contributed by atoms with Gasteiger partial charge in [-0.25, -0.2) is 0 Å². The van der Waals surface area contributed by atoms with E-state index < -0.39 is 5.60 Å². The lowest BCUT2D eigenvalue weighted by Gasteiger charge is -2.48. The molecule has 25 heavy (non-hydrogen) atoms. The molecule has 6 nitrogen and oxygen atoms in total. The number of aryl methyl sites for hydroxylation is 1. The molecule has 1 aromatic heterocycles. The molecule has 1 N–H and O–H groups in total. The summed E-state index contributed by atoms with van der Waals surface area (Å²) >= 11 is 0. The molecule has 0 aliphatic carbocycles. The van der Waals surface area contributed by atoms with E-state index in [4.69, 9.17) is 4.74 Å². The molecule has 140 valence electrons. The second-order valence-corrected chi connectivity index (χ2v) is 8.01. The van der Waals surface area contributed by atoms with Crippen molar-refractivity contribution in [2.75, 3.05) is 26.3 Å². The molecule has 3 rings (SSSR count). The standard InChI is InChI=1S/C19H31N3O3/c1-13(2)16-11-17(21(4)20-16)18(23)22-8-7-19(24,14(3)12-22)15-5-9-25-10-6-15/h11,13-15,24H,5-10,12H2,1-4H3/t14-,19+/m1/s1. The average Bonchev–Trinajstić information content (AvgIpc) is 2.99. The number of carbonyl (C=O) groups is 1. The molecule has 0 unspecified atom stereocenters. The van der Waals surface area contributed by atoms with Crippen LogP contribution in [-0.4, -0.2) is 57.6 Å². The number of carbonyl (C=O) groups excluding carboxylic acids is 1. The Balaban J connectivity index is 1.71. The second-order valence-electron chi connectivity index (χ2n) is 8.01. The molecular weight excluding hydrogens is 318 g/mol. The van der Waals surface area contributed by atoms with Crippen LogP contribution in [0.15, 0.2) is 6.07 Å². The van der Waals surface area contributed by atoms with Crippen LogP contribution >= 0.6 is 0 Å². The van der Waals surface area contributed by atoms with Crippen LogP contribution in [0, 0.1) is 11.8 Å². The SMILES string of the molecule is CC(C)c1cc(C(=O)N2CC[C@@](O)(C3CCOCC3)[C@H](C)C2)n(C)n1. The van der Waals surface area contributed by atoms with E-state index >= 15 is 0 Å². The second kappa shape index (κ2) is 7.08. The number of aliphatic hydroxyl groups is 1. The van der Waals surface area contributed by atoms with Gasteiger partial charge in [0.1, 0.15) is 5.69 Å². The maximum atomic E-state index is 13.0. The number of aromatic nitrogens is 2. The van der Waals surface area contributed by atoms with Crippen molar-refractivity contribution in [2.45, 2.75) is 51.6 Å². The largest absolute Gasteiger partial charge is 0.389 e. The number of piperidine rings is 1. The third kappa shape index (κ3) is 3.47. The molecule has 2 atom stereocenters. The summed E-state index contributed by atoms with van der Waals surface area (Å²) in [5.41, 5.74) is 0.887. The summed E-state index contributed by atoms with van der Waals surface area (Å²) in [6.45, 7) is 8.87. The zero-order valence-corrected chi connectivity index (χ0v) is 15.9. The zero-order chi connectivity index (χ0) is 18.2. The smallest absolute Gasteiger partial charge is 0.272 e. The fourth-order valence-corrected chi connectivity index (χ4v) is 4.26. The van der Waals surface area contributed by atoms with Gasteiger partial charge in [-0.1, -0.05) is 20.8 Å². The number of amides is 1. The van der Waals surface area contributed by atoms with Crippen molar-refractivity contribution in [3.63, 3.8) is 0 Å². The zero-order valence-electron chi connectivity index (χ0n) is 15.9. The van der Waals surface area contributed by atoms with Gasteiger partial charge >= 0.3 is 0 Å². The van der Waals surface area contributed by atoms with E-state index in [2.05, 4.69) is 25.9 Å². The van der Waals surface area contributed by atoms with Gasteiger partial charge in [0.15, 0.2) is 0 Å². The van der Waals surface area contributed by atoms with Gasteiger partial charge < -0.3 is 14.7 Å². The lowest BCUT2D eigenvalue weighted by atomic mass is 9.70. The Labute approximate surface area is 150 Å².